The van der Waals surface area contributed by atoms with Gasteiger partial charge < -0.3 is 10.2 Å². The van der Waals surface area contributed by atoms with Crippen molar-refractivity contribution in [3.63, 3.8) is 0 Å². The summed E-state index contributed by atoms with van der Waals surface area (Å²) in [5.41, 5.74) is 1.74. The number of hydrogen-bond donors (Lipinski definition) is 1. The predicted octanol–water partition coefficient (Wildman–Crippen LogP) is 3.27. The number of anilines is 1. The van der Waals surface area contributed by atoms with Crippen molar-refractivity contribution in [2.45, 2.75) is 31.6 Å². The quantitative estimate of drug-likeness (QED) is 0.916. The average molecular weight is 282 g/mol. The predicted molar refractivity (Wildman–Crippen MR) is 82.5 cm³/mol. The summed E-state index contributed by atoms with van der Waals surface area (Å²) in [5, 5.41) is 3.05. The number of rotatable bonds is 3. The molecule has 0 atom stereocenters. The molecule has 4 heteroatoms. The Hall–Kier alpha value is -0.740. The van der Waals surface area contributed by atoms with Crippen molar-refractivity contribution in [2.24, 2.45) is 0 Å². The van der Waals surface area contributed by atoms with E-state index < -0.39 is 0 Å². The van der Waals surface area contributed by atoms with Gasteiger partial charge in [-0.2, -0.15) is 11.8 Å². The minimum atomic E-state index is -0.0996. The zero-order chi connectivity index (χ0) is 13.9. The standard InChI is InChI=1S/C15H23FN2S/c1-15(2)6-7-18(8-9-19-15)14-5-4-12(11-17-3)10-13(14)16/h4-5,10,17H,6-9,11H2,1-3H3. The first-order chi connectivity index (χ1) is 9.02. The fraction of sp³-hybridized carbons (Fsp3) is 0.600. The Bertz CT molecular complexity index is 434. The Labute approximate surface area is 119 Å². The average Bonchev–Trinajstić information content (AvgIpc) is 2.51. The molecule has 0 aromatic heterocycles. The van der Waals surface area contributed by atoms with Crippen LogP contribution in [0.15, 0.2) is 18.2 Å². The van der Waals surface area contributed by atoms with Crippen LogP contribution in [0.1, 0.15) is 25.8 Å². The van der Waals surface area contributed by atoms with Crippen LogP contribution < -0.4 is 10.2 Å². The fourth-order valence-corrected chi connectivity index (χ4v) is 3.48. The summed E-state index contributed by atoms with van der Waals surface area (Å²) in [4.78, 5) is 2.18. The van der Waals surface area contributed by atoms with Gasteiger partial charge in [0, 0.05) is 30.1 Å². The van der Waals surface area contributed by atoms with Gasteiger partial charge in [-0.3, -0.25) is 0 Å². The second kappa shape index (κ2) is 6.14. The number of thioether (sulfide) groups is 1. The van der Waals surface area contributed by atoms with E-state index in [9.17, 15) is 4.39 Å². The number of nitrogens with zero attached hydrogens (tertiary/aromatic N) is 1. The van der Waals surface area contributed by atoms with E-state index in [-0.39, 0.29) is 5.82 Å². The third-order valence-electron chi connectivity index (χ3n) is 3.57. The molecule has 2 rings (SSSR count). The summed E-state index contributed by atoms with van der Waals surface area (Å²) in [6.45, 7) is 7.11. The Morgan fingerprint density at radius 1 is 1.37 bits per heavy atom. The summed E-state index contributed by atoms with van der Waals surface area (Å²) >= 11 is 1.98. The van der Waals surface area contributed by atoms with Crippen LogP contribution in [-0.2, 0) is 6.54 Å². The topological polar surface area (TPSA) is 15.3 Å². The van der Waals surface area contributed by atoms with Gasteiger partial charge in [0.15, 0.2) is 0 Å². The molecule has 1 aliphatic heterocycles. The molecule has 2 nitrogen and oxygen atoms in total. The van der Waals surface area contributed by atoms with Crippen LogP contribution in [0.25, 0.3) is 0 Å². The van der Waals surface area contributed by atoms with Crippen LogP contribution in [0.5, 0.6) is 0 Å². The molecule has 0 radical (unpaired) electrons. The van der Waals surface area contributed by atoms with Crippen LogP contribution in [0.2, 0.25) is 0 Å². The molecular formula is C15H23FN2S. The van der Waals surface area contributed by atoms with E-state index in [1.165, 1.54) is 0 Å². The normalized spacial score (nSPS) is 19.3. The molecule has 1 aliphatic rings. The van der Waals surface area contributed by atoms with E-state index in [2.05, 4.69) is 24.1 Å². The van der Waals surface area contributed by atoms with Crippen molar-refractivity contribution in [3.05, 3.63) is 29.6 Å². The summed E-state index contributed by atoms with van der Waals surface area (Å²) in [6.07, 6.45) is 1.09. The maximum Gasteiger partial charge on any atom is 0.146 e. The number of benzene rings is 1. The minimum absolute atomic E-state index is 0.0996. The Kier molecular flexibility index (Phi) is 4.74. The third kappa shape index (κ3) is 3.86. The molecule has 1 N–H and O–H groups in total. The van der Waals surface area contributed by atoms with Gasteiger partial charge in [0.1, 0.15) is 5.82 Å². The number of halogens is 1. The highest BCUT2D eigenvalue weighted by Crippen LogP contribution is 2.33. The van der Waals surface area contributed by atoms with Crippen molar-refractivity contribution >= 4 is 17.4 Å². The highest BCUT2D eigenvalue weighted by molar-refractivity contribution is 8.00. The van der Waals surface area contributed by atoms with Crippen molar-refractivity contribution in [2.75, 3.05) is 30.8 Å². The largest absolute Gasteiger partial charge is 0.368 e. The first-order valence-corrected chi connectivity index (χ1v) is 7.82. The molecule has 0 amide bonds. The fourth-order valence-electron chi connectivity index (χ4n) is 2.38. The molecule has 106 valence electrons. The summed E-state index contributed by atoms with van der Waals surface area (Å²) < 4.78 is 14.5. The maximum atomic E-state index is 14.2. The molecule has 0 aliphatic carbocycles. The molecule has 0 spiro atoms. The monoisotopic (exact) mass is 282 g/mol. The molecule has 1 heterocycles. The Morgan fingerprint density at radius 2 is 2.16 bits per heavy atom. The van der Waals surface area contributed by atoms with E-state index in [0.29, 0.717) is 11.3 Å². The smallest absolute Gasteiger partial charge is 0.146 e. The van der Waals surface area contributed by atoms with Crippen molar-refractivity contribution in [1.82, 2.24) is 5.32 Å². The van der Waals surface area contributed by atoms with Crippen LogP contribution in [0, 0.1) is 5.82 Å². The molecule has 19 heavy (non-hydrogen) atoms. The third-order valence-corrected chi connectivity index (χ3v) is 4.94. The van der Waals surface area contributed by atoms with E-state index >= 15 is 0 Å². The molecule has 0 saturated carbocycles. The lowest BCUT2D eigenvalue weighted by molar-refractivity contribution is 0.600. The van der Waals surface area contributed by atoms with Crippen LogP contribution in [-0.4, -0.2) is 30.6 Å². The maximum absolute atomic E-state index is 14.2. The van der Waals surface area contributed by atoms with Gasteiger partial charge >= 0.3 is 0 Å². The summed E-state index contributed by atoms with van der Waals surface area (Å²) in [6, 6.07) is 5.58. The molecule has 0 unspecified atom stereocenters. The summed E-state index contributed by atoms with van der Waals surface area (Å²) in [7, 11) is 1.87. The van der Waals surface area contributed by atoms with Gasteiger partial charge in [0.05, 0.1) is 5.69 Å². The molecule has 1 aromatic rings. The first kappa shape index (κ1) is 14.7. The zero-order valence-corrected chi connectivity index (χ0v) is 12.8. The number of hydrogen-bond acceptors (Lipinski definition) is 3. The minimum Gasteiger partial charge on any atom is -0.368 e. The lowest BCUT2D eigenvalue weighted by Gasteiger charge is -2.24. The highest BCUT2D eigenvalue weighted by Gasteiger charge is 2.24. The van der Waals surface area contributed by atoms with E-state index in [1.54, 1.807) is 6.07 Å². The summed E-state index contributed by atoms with van der Waals surface area (Å²) in [5.74, 6) is 0.961. The van der Waals surface area contributed by atoms with Crippen molar-refractivity contribution in [1.29, 1.82) is 0 Å². The molecule has 0 bridgehead atoms. The van der Waals surface area contributed by atoms with Gasteiger partial charge in [-0.1, -0.05) is 19.9 Å². The SMILES string of the molecule is CNCc1ccc(N2CCSC(C)(C)CC2)c(F)c1. The zero-order valence-electron chi connectivity index (χ0n) is 12.0. The van der Waals surface area contributed by atoms with Crippen molar-refractivity contribution in [3.8, 4) is 0 Å². The van der Waals surface area contributed by atoms with Crippen LogP contribution in [0.4, 0.5) is 10.1 Å². The first-order valence-electron chi connectivity index (χ1n) is 6.84. The van der Waals surface area contributed by atoms with E-state index in [4.69, 9.17) is 0 Å². The van der Waals surface area contributed by atoms with Gasteiger partial charge in [-0.15, -0.1) is 0 Å². The highest BCUT2D eigenvalue weighted by atomic mass is 32.2. The lowest BCUT2D eigenvalue weighted by atomic mass is 10.1. The van der Waals surface area contributed by atoms with Gasteiger partial charge in [-0.25, -0.2) is 4.39 Å². The van der Waals surface area contributed by atoms with Crippen LogP contribution in [0.3, 0.4) is 0 Å². The van der Waals surface area contributed by atoms with Gasteiger partial charge in [0.2, 0.25) is 0 Å². The van der Waals surface area contributed by atoms with E-state index in [0.717, 1.165) is 36.5 Å². The molecule has 1 saturated heterocycles. The molecule has 1 fully saturated rings. The second-order valence-corrected chi connectivity index (χ2v) is 7.46. The van der Waals surface area contributed by atoms with Crippen LogP contribution >= 0.6 is 11.8 Å². The second-order valence-electron chi connectivity index (χ2n) is 5.66. The lowest BCUT2D eigenvalue weighted by Crippen LogP contribution is -2.27. The Morgan fingerprint density at radius 3 is 2.84 bits per heavy atom. The van der Waals surface area contributed by atoms with E-state index in [1.807, 2.05) is 30.9 Å². The van der Waals surface area contributed by atoms with Gasteiger partial charge in [0.25, 0.3) is 0 Å². The van der Waals surface area contributed by atoms with Gasteiger partial charge in [-0.05, 0) is 31.2 Å². The number of nitrogens with one attached hydrogen (secondary N) is 1. The molecule has 1 aromatic carbocycles. The Balaban J connectivity index is 2.13. The van der Waals surface area contributed by atoms with Crippen molar-refractivity contribution < 1.29 is 4.39 Å². The molecular weight excluding hydrogens is 259 g/mol.